The number of carbonyl (C=O) groups is 1. The zero-order valence-corrected chi connectivity index (χ0v) is 16.4. The first-order valence-electron chi connectivity index (χ1n) is 9.64. The van der Waals surface area contributed by atoms with Gasteiger partial charge in [-0.3, -0.25) is 9.69 Å². The summed E-state index contributed by atoms with van der Waals surface area (Å²) in [5, 5.41) is 3.66. The fourth-order valence-electron chi connectivity index (χ4n) is 3.20. The van der Waals surface area contributed by atoms with Gasteiger partial charge in [-0.2, -0.15) is 0 Å². The number of amides is 1. The van der Waals surface area contributed by atoms with Crippen molar-refractivity contribution in [1.82, 2.24) is 10.2 Å². The molecule has 0 aliphatic carbocycles. The lowest BCUT2D eigenvalue weighted by Crippen LogP contribution is -2.23. The van der Waals surface area contributed by atoms with Crippen LogP contribution >= 0.6 is 11.6 Å². The van der Waals surface area contributed by atoms with E-state index in [1.165, 1.54) is 31.5 Å². The van der Waals surface area contributed by atoms with Crippen LogP contribution in [0.2, 0.25) is 5.02 Å². The van der Waals surface area contributed by atoms with Crippen LogP contribution in [0.25, 0.3) is 0 Å². The number of ether oxygens (including phenoxy) is 1. The molecule has 1 N–H and O–H groups in total. The lowest BCUT2D eigenvalue weighted by Gasteiger charge is -2.14. The number of halogens is 1. The van der Waals surface area contributed by atoms with Gasteiger partial charge < -0.3 is 10.1 Å². The van der Waals surface area contributed by atoms with Gasteiger partial charge in [0, 0.05) is 24.5 Å². The van der Waals surface area contributed by atoms with E-state index in [9.17, 15) is 4.79 Å². The maximum atomic E-state index is 12.0. The third-order valence-electron chi connectivity index (χ3n) is 4.75. The highest BCUT2D eigenvalue weighted by molar-refractivity contribution is 6.30. The van der Waals surface area contributed by atoms with Crippen LogP contribution in [0.3, 0.4) is 0 Å². The first kappa shape index (κ1) is 19.7. The maximum Gasteiger partial charge on any atom is 0.220 e. The molecule has 0 unspecified atom stereocenters. The Morgan fingerprint density at radius 3 is 2.37 bits per heavy atom. The van der Waals surface area contributed by atoms with Crippen LogP contribution in [0.4, 0.5) is 0 Å². The maximum absolute atomic E-state index is 12.0. The van der Waals surface area contributed by atoms with Crippen molar-refractivity contribution in [3.63, 3.8) is 0 Å². The average Bonchev–Trinajstić information content (AvgIpc) is 3.19. The first-order chi connectivity index (χ1) is 13.2. The summed E-state index contributed by atoms with van der Waals surface area (Å²) in [6, 6.07) is 15.8. The van der Waals surface area contributed by atoms with E-state index < -0.39 is 0 Å². The van der Waals surface area contributed by atoms with Crippen LogP contribution < -0.4 is 10.1 Å². The molecule has 5 heteroatoms. The molecule has 1 fully saturated rings. The van der Waals surface area contributed by atoms with Crippen LogP contribution in [0.1, 0.15) is 36.8 Å². The molecule has 0 atom stereocenters. The number of hydrogen-bond acceptors (Lipinski definition) is 3. The van der Waals surface area contributed by atoms with Crippen molar-refractivity contribution in [3.05, 3.63) is 64.7 Å². The van der Waals surface area contributed by atoms with Crippen LogP contribution in [0, 0.1) is 0 Å². The molecular formula is C22H27ClN2O2. The van der Waals surface area contributed by atoms with Gasteiger partial charge in [-0.1, -0.05) is 35.9 Å². The van der Waals surface area contributed by atoms with Gasteiger partial charge in [-0.25, -0.2) is 0 Å². The molecule has 1 amide bonds. The largest absolute Gasteiger partial charge is 0.494 e. The van der Waals surface area contributed by atoms with Gasteiger partial charge >= 0.3 is 0 Å². The molecule has 1 saturated heterocycles. The lowest BCUT2D eigenvalue weighted by atomic mass is 10.1. The lowest BCUT2D eigenvalue weighted by molar-refractivity contribution is -0.121. The van der Waals surface area contributed by atoms with Crippen LogP contribution in [-0.4, -0.2) is 30.5 Å². The molecule has 2 aromatic carbocycles. The topological polar surface area (TPSA) is 41.6 Å². The van der Waals surface area contributed by atoms with Crippen LogP contribution in [0.15, 0.2) is 48.5 Å². The zero-order valence-electron chi connectivity index (χ0n) is 15.6. The summed E-state index contributed by atoms with van der Waals surface area (Å²) in [7, 11) is 0. The molecule has 27 heavy (non-hydrogen) atoms. The molecule has 0 aromatic heterocycles. The Morgan fingerprint density at radius 1 is 1.00 bits per heavy atom. The monoisotopic (exact) mass is 386 g/mol. The zero-order chi connectivity index (χ0) is 18.9. The summed E-state index contributed by atoms with van der Waals surface area (Å²) < 4.78 is 5.60. The van der Waals surface area contributed by atoms with Gasteiger partial charge in [0.05, 0.1) is 6.61 Å². The van der Waals surface area contributed by atoms with E-state index in [-0.39, 0.29) is 5.91 Å². The van der Waals surface area contributed by atoms with E-state index in [2.05, 4.69) is 34.5 Å². The summed E-state index contributed by atoms with van der Waals surface area (Å²) in [5.41, 5.74) is 2.47. The highest BCUT2D eigenvalue weighted by Crippen LogP contribution is 2.16. The van der Waals surface area contributed by atoms with Gasteiger partial charge in [0.2, 0.25) is 5.91 Å². The first-order valence-corrected chi connectivity index (χ1v) is 10.0. The van der Waals surface area contributed by atoms with Gasteiger partial charge in [-0.05, 0) is 67.7 Å². The number of benzene rings is 2. The van der Waals surface area contributed by atoms with Crippen molar-refractivity contribution < 1.29 is 9.53 Å². The van der Waals surface area contributed by atoms with Crippen LogP contribution in [0.5, 0.6) is 5.75 Å². The third kappa shape index (κ3) is 6.89. The molecule has 1 heterocycles. The van der Waals surface area contributed by atoms with Gasteiger partial charge in [0.15, 0.2) is 0 Å². The van der Waals surface area contributed by atoms with Crippen molar-refractivity contribution in [3.8, 4) is 5.75 Å². The molecule has 144 valence electrons. The van der Waals surface area contributed by atoms with Crippen molar-refractivity contribution in [2.45, 2.75) is 38.8 Å². The summed E-state index contributed by atoms with van der Waals surface area (Å²) in [4.78, 5) is 14.5. The number of rotatable bonds is 9. The SMILES string of the molecule is O=C(CCCOc1ccc(Cl)cc1)NCc1ccc(CN2CCCC2)cc1. The third-order valence-corrected chi connectivity index (χ3v) is 5.00. The molecule has 0 saturated carbocycles. The van der Waals surface area contributed by atoms with Crippen molar-refractivity contribution in [2.75, 3.05) is 19.7 Å². The number of nitrogens with zero attached hydrogens (tertiary/aromatic N) is 1. The minimum atomic E-state index is 0.0517. The summed E-state index contributed by atoms with van der Waals surface area (Å²) in [6.07, 6.45) is 3.77. The Morgan fingerprint density at radius 2 is 1.67 bits per heavy atom. The Bertz CT molecular complexity index is 710. The summed E-state index contributed by atoms with van der Waals surface area (Å²) in [6.45, 7) is 4.53. The highest BCUT2D eigenvalue weighted by atomic mass is 35.5. The number of hydrogen-bond donors (Lipinski definition) is 1. The smallest absolute Gasteiger partial charge is 0.220 e. The predicted octanol–water partition coefficient (Wildman–Crippen LogP) is 4.41. The average molecular weight is 387 g/mol. The number of carbonyl (C=O) groups excluding carboxylic acids is 1. The number of likely N-dealkylation sites (tertiary alicyclic amines) is 1. The van der Waals surface area contributed by atoms with Crippen molar-refractivity contribution in [2.24, 2.45) is 0 Å². The quantitative estimate of drug-likeness (QED) is 0.649. The second-order valence-corrected chi connectivity index (χ2v) is 7.42. The van der Waals surface area contributed by atoms with E-state index in [0.717, 1.165) is 17.9 Å². The molecule has 2 aromatic rings. The van der Waals surface area contributed by atoms with E-state index in [1.807, 2.05) is 12.1 Å². The van der Waals surface area contributed by atoms with E-state index >= 15 is 0 Å². The Balaban J connectivity index is 1.30. The second-order valence-electron chi connectivity index (χ2n) is 6.98. The normalized spacial score (nSPS) is 14.3. The van der Waals surface area contributed by atoms with Crippen molar-refractivity contribution >= 4 is 17.5 Å². The highest BCUT2D eigenvalue weighted by Gasteiger charge is 2.11. The van der Waals surface area contributed by atoms with Crippen LogP contribution in [-0.2, 0) is 17.9 Å². The summed E-state index contributed by atoms with van der Waals surface area (Å²) >= 11 is 5.84. The molecule has 0 radical (unpaired) electrons. The standard InChI is InChI=1S/C22H27ClN2O2/c23-20-9-11-21(12-10-20)27-15-3-4-22(26)24-16-18-5-7-19(8-6-18)17-25-13-1-2-14-25/h5-12H,1-4,13-17H2,(H,24,26). The molecule has 0 spiro atoms. The Hall–Kier alpha value is -2.04. The number of nitrogens with one attached hydrogen (secondary N) is 1. The molecule has 1 aliphatic rings. The van der Waals surface area contributed by atoms with Crippen molar-refractivity contribution in [1.29, 1.82) is 0 Å². The van der Waals surface area contributed by atoms with E-state index in [0.29, 0.717) is 31.0 Å². The Kier molecular flexibility index (Phi) is 7.55. The molecular weight excluding hydrogens is 360 g/mol. The fraction of sp³-hybridized carbons (Fsp3) is 0.409. The van der Waals surface area contributed by atoms with Gasteiger partial charge in [0.1, 0.15) is 5.75 Å². The van der Waals surface area contributed by atoms with Gasteiger partial charge in [0.25, 0.3) is 0 Å². The predicted molar refractivity (Wildman–Crippen MR) is 109 cm³/mol. The minimum Gasteiger partial charge on any atom is -0.494 e. The van der Waals surface area contributed by atoms with Gasteiger partial charge in [-0.15, -0.1) is 0 Å². The summed E-state index contributed by atoms with van der Waals surface area (Å²) in [5.74, 6) is 0.824. The fourth-order valence-corrected chi connectivity index (χ4v) is 3.33. The Labute approximate surface area is 166 Å². The molecule has 4 nitrogen and oxygen atoms in total. The van der Waals surface area contributed by atoms with E-state index in [1.54, 1.807) is 12.1 Å². The minimum absolute atomic E-state index is 0.0517. The molecule has 1 aliphatic heterocycles. The second kappa shape index (κ2) is 10.3. The van der Waals surface area contributed by atoms with E-state index in [4.69, 9.17) is 16.3 Å². The molecule has 0 bridgehead atoms. The molecule has 3 rings (SSSR count).